The number of amides is 1. The maximum Gasteiger partial charge on any atom is 0.339 e. The zero-order chi connectivity index (χ0) is 19.1. The second-order valence-electron chi connectivity index (χ2n) is 7.63. The number of hydrogen-bond acceptors (Lipinski definition) is 3. The highest BCUT2D eigenvalue weighted by Gasteiger charge is 2.47. The number of fused-ring (bicyclic) bond motifs is 3. The fraction of sp³-hybridized carbons (Fsp3) is 0.250. The molecule has 1 amide bonds. The van der Waals surface area contributed by atoms with Crippen LogP contribution in [0.2, 0.25) is 0 Å². The molecule has 28 heavy (non-hydrogen) atoms. The van der Waals surface area contributed by atoms with Gasteiger partial charge >= 0.3 is 5.97 Å². The van der Waals surface area contributed by atoms with Gasteiger partial charge in [0.1, 0.15) is 5.60 Å². The third kappa shape index (κ3) is 2.68. The highest BCUT2D eigenvalue weighted by atomic mass is 16.6. The van der Waals surface area contributed by atoms with Gasteiger partial charge in [-0.15, -0.1) is 0 Å². The minimum Gasteiger partial charge on any atom is -0.450 e. The van der Waals surface area contributed by atoms with Crippen molar-refractivity contribution in [1.82, 2.24) is 4.90 Å². The molecule has 1 spiro atoms. The monoisotopic (exact) mass is 371 g/mol. The van der Waals surface area contributed by atoms with Gasteiger partial charge in [-0.1, -0.05) is 60.7 Å². The maximum atomic E-state index is 12.9. The minimum atomic E-state index is -0.566. The molecule has 0 aromatic heterocycles. The van der Waals surface area contributed by atoms with Crippen molar-refractivity contribution in [3.8, 4) is 0 Å². The van der Waals surface area contributed by atoms with Crippen LogP contribution in [0.15, 0.2) is 66.7 Å². The van der Waals surface area contributed by atoms with Crippen molar-refractivity contribution in [2.24, 2.45) is 0 Å². The van der Waals surface area contributed by atoms with Crippen LogP contribution in [0.5, 0.6) is 0 Å². The van der Waals surface area contributed by atoms with E-state index in [-0.39, 0.29) is 11.9 Å². The Kier molecular flexibility index (Phi) is 3.93. The fourth-order valence-corrected chi connectivity index (χ4v) is 4.56. The minimum absolute atomic E-state index is 0.129. The number of esters is 1. The molecule has 2 heterocycles. The molecule has 0 radical (unpaired) electrons. The summed E-state index contributed by atoms with van der Waals surface area (Å²) in [7, 11) is 0. The highest BCUT2D eigenvalue weighted by molar-refractivity contribution is 5.95. The number of carbonyl (C=O) groups is 2. The van der Waals surface area contributed by atoms with Crippen LogP contribution < -0.4 is 0 Å². The van der Waals surface area contributed by atoms with E-state index in [1.165, 1.54) is 0 Å². The average molecular weight is 371 g/mol. The smallest absolute Gasteiger partial charge is 0.339 e. The molecule has 0 atom stereocenters. The highest BCUT2D eigenvalue weighted by Crippen LogP contribution is 2.44. The van der Waals surface area contributed by atoms with E-state index in [0.717, 1.165) is 21.9 Å². The Morgan fingerprint density at radius 2 is 1.64 bits per heavy atom. The molecule has 0 bridgehead atoms. The Morgan fingerprint density at radius 1 is 0.929 bits per heavy atom. The molecule has 1 saturated heterocycles. The summed E-state index contributed by atoms with van der Waals surface area (Å²) < 4.78 is 5.79. The van der Waals surface area contributed by atoms with Crippen LogP contribution in [-0.4, -0.2) is 29.9 Å². The SMILES string of the molecule is O=C1OC2(CCN(C(=O)Cc3cccc4ccccc34)CC2)c2ccccc21. The van der Waals surface area contributed by atoms with Crippen molar-refractivity contribution in [3.63, 3.8) is 0 Å². The van der Waals surface area contributed by atoms with Gasteiger partial charge in [0, 0.05) is 31.5 Å². The lowest BCUT2D eigenvalue weighted by atomic mass is 9.83. The van der Waals surface area contributed by atoms with Crippen LogP contribution >= 0.6 is 0 Å². The van der Waals surface area contributed by atoms with Crippen molar-refractivity contribution >= 4 is 22.6 Å². The van der Waals surface area contributed by atoms with Crippen molar-refractivity contribution in [2.45, 2.75) is 24.9 Å². The van der Waals surface area contributed by atoms with Crippen LogP contribution in [0.4, 0.5) is 0 Å². The van der Waals surface area contributed by atoms with Crippen molar-refractivity contribution < 1.29 is 14.3 Å². The Bertz CT molecular complexity index is 1070. The van der Waals surface area contributed by atoms with E-state index in [9.17, 15) is 9.59 Å². The lowest BCUT2D eigenvalue weighted by Crippen LogP contribution is -2.45. The third-order valence-electron chi connectivity index (χ3n) is 6.07. The first kappa shape index (κ1) is 17.0. The summed E-state index contributed by atoms with van der Waals surface area (Å²) in [5.74, 6) is -0.116. The van der Waals surface area contributed by atoms with Crippen LogP contribution in [0, 0.1) is 0 Å². The number of nitrogens with zero attached hydrogens (tertiary/aromatic N) is 1. The van der Waals surface area contributed by atoms with Gasteiger partial charge in [0.15, 0.2) is 0 Å². The van der Waals surface area contributed by atoms with E-state index in [2.05, 4.69) is 18.2 Å². The van der Waals surface area contributed by atoms with Gasteiger partial charge in [-0.05, 0) is 22.4 Å². The maximum absolute atomic E-state index is 12.9. The van der Waals surface area contributed by atoms with E-state index in [1.807, 2.05) is 53.4 Å². The molecule has 140 valence electrons. The van der Waals surface area contributed by atoms with E-state index in [1.54, 1.807) is 0 Å². The van der Waals surface area contributed by atoms with Crippen molar-refractivity contribution in [1.29, 1.82) is 0 Å². The number of likely N-dealkylation sites (tertiary alicyclic amines) is 1. The Labute approximate surface area is 163 Å². The van der Waals surface area contributed by atoms with Gasteiger partial charge < -0.3 is 9.64 Å². The number of rotatable bonds is 2. The molecule has 0 N–H and O–H groups in total. The molecule has 2 aliphatic rings. The predicted molar refractivity (Wildman–Crippen MR) is 107 cm³/mol. The van der Waals surface area contributed by atoms with Crippen LogP contribution in [0.3, 0.4) is 0 Å². The number of carbonyl (C=O) groups excluding carboxylic acids is 2. The molecule has 0 unspecified atom stereocenters. The summed E-state index contributed by atoms with van der Waals surface area (Å²) in [6, 6.07) is 21.9. The molecular weight excluding hydrogens is 350 g/mol. The number of hydrogen-bond donors (Lipinski definition) is 0. The fourth-order valence-electron chi connectivity index (χ4n) is 4.56. The Balaban J connectivity index is 1.32. The third-order valence-corrected chi connectivity index (χ3v) is 6.07. The first-order chi connectivity index (χ1) is 13.7. The van der Waals surface area contributed by atoms with Gasteiger partial charge in [0.25, 0.3) is 0 Å². The first-order valence-corrected chi connectivity index (χ1v) is 9.74. The summed E-state index contributed by atoms with van der Waals surface area (Å²) in [6.45, 7) is 1.20. The molecule has 4 nitrogen and oxygen atoms in total. The molecule has 3 aromatic carbocycles. The number of ether oxygens (including phenoxy) is 1. The van der Waals surface area contributed by atoms with E-state index in [0.29, 0.717) is 37.9 Å². The summed E-state index contributed by atoms with van der Waals surface area (Å²) in [6.07, 6.45) is 1.69. The molecule has 1 fully saturated rings. The summed E-state index contributed by atoms with van der Waals surface area (Å²) >= 11 is 0. The van der Waals surface area contributed by atoms with Gasteiger partial charge in [0.2, 0.25) is 5.91 Å². The lowest BCUT2D eigenvalue weighted by molar-refractivity contribution is -0.134. The molecule has 2 aliphatic heterocycles. The molecule has 0 aliphatic carbocycles. The van der Waals surface area contributed by atoms with Crippen LogP contribution in [0.1, 0.15) is 34.3 Å². The Morgan fingerprint density at radius 3 is 2.50 bits per heavy atom. The standard InChI is InChI=1S/C24H21NO3/c26-22(16-18-8-5-7-17-6-1-2-9-19(17)18)25-14-12-24(13-15-25)21-11-4-3-10-20(21)23(27)28-24/h1-11H,12-16H2. The summed E-state index contributed by atoms with van der Waals surface area (Å²) in [5.41, 5.74) is 2.13. The lowest BCUT2D eigenvalue weighted by Gasteiger charge is -2.38. The molecular formula is C24H21NO3. The molecule has 4 heteroatoms. The topological polar surface area (TPSA) is 46.6 Å². The molecule has 5 rings (SSSR count). The normalized spacial score (nSPS) is 17.6. The van der Waals surface area contributed by atoms with Crippen molar-refractivity contribution in [3.05, 3.63) is 83.4 Å². The zero-order valence-electron chi connectivity index (χ0n) is 15.6. The zero-order valence-corrected chi connectivity index (χ0v) is 15.6. The van der Waals surface area contributed by atoms with Gasteiger partial charge in [-0.25, -0.2) is 4.79 Å². The van der Waals surface area contributed by atoms with Gasteiger partial charge in [-0.2, -0.15) is 0 Å². The second kappa shape index (κ2) is 6.48. The van der Waals surface area contributed by atoms with Gasteiger partial charge in [0.05, 0.1) is 12.0 Å². The second-order valence-corrected chi connectivity index (χ2v) is 7.63. The van der Waals surface area contributed by atoms with Gasteiger partial charge in [-0.3, -0.25) is 4.79 Å². The average Bonchev–Trinajstić information content (AvgIpc) is 3.00. The van der Waals surface area contributed by atoms with Crippen molar-refractivity contribution in [2.75, 3.05) is 13.1 Å². The van der Waals surface area contributed by atoms with E-state index < -0.39 is 5.60 Å². The van der Waals surface area contributed by atoms with E-state index >= 15 is 0 Å². The molecule has 0 saturated carbocycles. The number of benzene rings is 3. The van der Waals surface area contributed by atoms with Crippen LogP contribution in [-0.2, 0) is 21.6 Å². The van der Waals surface area contributed by atoms with Crippen LogP contribution in [0.25, 0.3) is 10.8 Å². The summed E-state index contributed by atoms with van der Waals surface area (Å²) in [4.78, 5) is 27.1. The molecule has 3 aromatic rings. The Hall–Kier alpha value is -3.14. The first-order valence-electron chi connectivity index (χ1n) is 9.74. The van der Waals surface area contributed by atoms with E-state index in [4.69, 9.17) is 4.74 Å². The largest absolute Gasteiger partial charge is 0.450 e. The summed E-state index contributed by atoms with van der Waals surface area (Å²) in [5, 5.41) is 2.28. The predicted octanol–water partition coefficient (Wildman–Crippen LogP) is 4.07. The quantitative estimate of drug-likeness (QED) is 0.638. The number of piperidine rings is 1.